The molecule has 2 rings (SSSR count). The van der Waals surface area contributed by atoms with Gasteiger partial charge in [0, 0.05) is 13.8 Å². The van der Waals surface area contributed by atoms with E-state index in [1.807, 2.05) is 52.0 Å². The fourth-order valence-electron chi connectivity index (χ4n) is 5.54. The van der Waals surface area contributed by atoms with E-state index in [9.17, 15) is 19.3 Å². The third-order valence-corrected chi connectivity index (χ3v) is 10.2. The first-order chi connectivity index (χ1) is 26.8. The molecular formula is C41H69N4O11P. The standard InChI is InChI=1S/C37H61N4O7P.2C2H4O2/c1-7-19-46-36(43)33(13-9-11-17-38)40-49(45,41-34(14-10-12-18-39)37(44)47-20-8-2)25-48-30-21-27(5)32(28(6)22-30)24-29-15-16-35(42)31(23-29)26(3)4;2*1-2(3)4/h15-16,21-23,26,33-34,42H,7-14,17-20,24-25,38-39H2,1-6H3,(H2,40,41,45);2*1H3,(H,3,4). The van der Waals surface area contributed by atoms with E-state index in [0.29, 0.717) is 82.4 Å². The Morgan fingerprint density at radius 2 is 1.21 bits per heavy atom. The molecule has 0 heterocycles. The first kappa shape index (κ1) is 53.0. The van der Waals surface area contributed by atoms with Crippen molar-refractivity contribution in [1.82, 2.24) is 10.2 Å². The number of nitrogens with one attached hydrogen (secondary N) is 2. The molecule has 9 N–H and O–H groups in total. The predicted molar refractivity (Wildman–Crippen MR) is 223 cm³/mol. The summed E-state index contributed by atoms with van der Waals surface area (Å²) in [5.74, 6) is -1.70. The van der Waals surface area contributed by atoms with Crippen molar-refractivity contribution >= 4 is 31.3 Å². The number of carboxylic acids is 2. The normalized spacial score (nSPS) is 12.8. The number of ether oxygens (including phenoxy) is 3. The lowest BCUT2D eigenvalue weighted by Crippen LogP contribution is -2.45. The maximum Gasteiger partial charge on any atom is 0.323 e. The van der Waals surface area contributed by atoms with Crippen LogP contribution in [0.4, 0.5) is 0 Å². The molecule has 0 spiro atoms. The number of carbonyl (C=O) groups excluding carboxylic acids is 2. The highest BCUT2D eigenvalue weighted by Crippen LogP contribution is 2.40. The average Bonchev–Trinajstić information content (AvgIpc) is 3.13. The predicted octanol–water partition coefficient (Wildman–Crippen LogP) is 6.52. The number of benzene rings is 2. The largest absolute Gasteiger partial charge is 0.508 e. The van der Waals surface area contributed by atoms with Crippen LogP contribution >= 0.6 is 7.44 Å². The van der Waals surface area contributed by atoms with Crippen LogP contribution in [-0.2, 0) is 39.6 Å². The van der Waals surface area contributed by atoms with Gasteiger partial charge in [-0.25, -0.2) is 10.2 Å². The Labute approximate surface area is 339 Å². The molecule has 0 amide bonds. The van der Waals surface area contributed by atoms with Gasteiger partial charge in [-0.2, -0.15) is 0 Å². The number of aliphatic carboxylic acids is 2. The molecule has 2 unspecified atom stereocenters. The van der Waals surface area contributed by atoms with Crippen LogP contribution in [0.3, 0.4) is 0 Å². The second-order valence-corrected chi connectivity index (χ2v) is 16.3. The number of nitrogens with two attached hydrogens (primary N) is 2. The molecule has 0 aromatic heterocycles. The Balaban J connectivity index is 0.00000356. The van der Waals surface area contributed by atoms with Crippen LogP contribution in [-0.4, -0.2) is 83.9 Å². The number of aryl methyl sites for hydroxylation is 2. The second kappa shape index (κ2) is 29.2. The third kappa shape index (κ3) is 23.1. The number of aromatic hydroxyl groups is 1. The van der Waals surface area contributed by atoms with Gasteiger partial charge in [-0.1, -0.05) is 52.7 Å². The van der Waals surface area contributed by atoms with E-state index in [1.165, 1.54) is 0 Å². The van der Waals surface area contributed by atoms with Crippen molar-refractivity contribution in [2.24, 2.45) is 11.5 Å². The van der Waals surface area contributed by atoms with Crippen molar-refractivity contribution in [3.63, 3.8) is 0 Å². The third-order valence-electron chi connectivity index (χ3n) is 8.27. The van der Waals surface area contributed by atoms with Gasteiger partial charge in [0.25, 0.3) is 11.9 Å². The van der Waals surface area contributed by atoms with E-state index in [2.05, 4.69) is 24.0 Å². The lowest BCUT2D eigenvalue weighted by atomic mass is 9.93. The van der Waals surface area contributed by atoms with E-state index in [1.54, 1.807) is 6.07 Å². The number of rotatable bonds is 24. The summed E-state index contributed by atoms with van der Waals surface area (Å²) < 4.78 is 31.9. The molecule has 16 heteroatoms. The van der Waals surface area contributed by atoms with Gasteiger partial charge in [-0.3, -0.25) is 23.7 Å². The number of unbranched alkanes of at least 4 members (excludes halogenated alkanes) is 2. The van der Waals surface area contributed by atoms with Gasteiger partial charge < -0.3 is 41.0 Å². The van der Waals surface area contributed by atoms with E-state index < -0.39 is 43.4 Å². The molecule has 0 aliphatic rings. The van der Waals surface area contributed by atoms with Crippen LogP contribution in [0, 0.1) is 13.8 Å². The van der Waals surface area contributed by atoms with Gasteiger partial charge >= 0.3 is 11.9 Å². The van der Waals surface area contributed by atoms with Gasteiger partial charge in [0.15, 0.2) is 6.35 Å². The quantitative estimate of drug-likeness (QED) is 0.0338. The molecule has 0 saturated carbocycles. The summed E-state index contributed by atoms with van der Waals surface area (Å²) in [6, 6.07) is 7.72. The molecule has 2 aromatic carbocycles. The number of carbonyl (C=O) groups is 4. The zero-order chi connectivity index (χ0) is 43.6. The van der Waals surface area contributed by atoms with Crippen LogP contribution in [0.15, 0.2) is 30.3 Å². The van der Waals surface area contributed by atoms with E-state index in [0.717, 1.165) is 41.7 Å². The smallest absolute Gasteiger partial charge is 0.323 e. The first-order valence-corrected chi connectivity index (χ1v) is 21.5. The summed E-state index contributed by atoms with van der Waals surface area (Å²) in [6.45, 7) is 15.5. The number of phenolic OH excluding ortho intramolecular Hbond substituents is 1. The fourth-order valence-corrected chi connectivity index (χ4v) is 7.57. The highest BCUT2D eigenvalue weighted by atomic mass is 31.2. The molecule has 0 saturated heterocycles. The van der Waals surface area contributed by atoms with Crippen molar-refractivity contribution in [2.45, 2.75) is 131 Å². The molecule has 57 heavy (non-hydrogen) atoms. The molecule has 2 aromatic rings. The minimum atomic E-state index is -3.79. The number of hydrogen-bond donors (Lipinski definition) is 7. The van der Waals surface area contributed by atoms with Crippen LogP contribution in [0.5, 0.6) is 11.5 Å². The summed E-state index contributed by atoms with van der Waals surface area (Å²) >= 11 is 0. The highest BCUT2D eigenvalue weighted by Gasteiger charge is 2.36. The summed E-state index contributed by atoms with van der Waals surface area (Å²) in [6.07, 6.45) is 4.96. The first-order valence-electron chi connectivity index (χ1n) is 19.7. The second-order valence-electron chi connectivity index (χ2n) is 14.1. The van der Waals surface area contributed by atoms with Crippen LogP contribution in [0.25, 0.3) is 0 Å². The highest BCUT2D eigenvalue weighted by molar-refractivity contribution is 7.59. The molecule has 0 aliphatic heterocycles. The van der Waals surface area contributed by atoms with Crippen molar-refractivity contribution in [3.8, 4) is 11.5 Å². The monoisotopic (exact) mass is 824 g/mol. The SMILES string of the molecule is CC(=O)O.CC(=O)O.CCCOC(=O)C(CCCCN)NP(=O)(COc1cc(C)c(Cc2ccc(O)c(C(C)C)c2)c(C)c1)NC(CCCCN)C(=O)OCCC. The minimum absolute atomic E-state index is 0.193. The number of esters is 2. The van der Waals surface area contributed by atoms with Gasteiger partial charge in [0.1, 0.15) is 23.6 Å². The topological polar surface area (TPSA) is 250 Å². The van der Waals surface area contributed by atoms with Crippen molar-refractivity contribution in [3.05, 3.63) is 58.1 Å². The number of carboxylic acid groups (broad SMARTS) is 2. The lowest BCUT2D eigenvalue weighted by Gasteiger charge is -2.29. The van der Waals surface area contributed by atoms with Crippen LogP contribution in [0.2, 0.25) is 0 Å². The Kier molecular flexibility index (Phi) is 27.2. The maximum absolute atomic E-state index is 14.8. The maximum atomic E-state index is 14.8. The van der Waals surface area contributed by atoms with Crippen molar-refractivity contribution in [2.75, 3.05) is 32.7 Å². The van der Waals surface area contributed by atoms with Gasteiger partial charge in [-0.15, -0.1) is 0 Å². The fraction of sp³-hybridized carbons (Fsp3) is 0.610. The van der Waals surface area contributed by atoms with Gasteiger partial charge in [0.05, 0.1) is 13.2 Å². The van der Waals surface area contributed by atoms with E-state index in [4.69, 9.17) is 45.5 Å². The summed E-state index contributed by atoms with van der Waals surface area (Å²) in [5.41, 5.74) is 16.5. The summed E-state index contributed by atoms with van der Waals surface area (Å²) in [5, 5.41) is 31.2. The average molecular weight is 825 g/mol. The van der Waals surface area contributed by atoms with Crippen LogP contribution < -0.4 is 26.4 Å². The Morgan fingerprint density at radius 3 is 1.60 bits per heavy atom. The lowest BCUT2D eigenvalue weighted by molar-refractivity contribution is -0.146. The molecule has 15 nitrogen and oxygen atoms in total. The number of hydrogen-bond acceptors (Lipinski definition) is 11. The van der Waals surface area contributed by atoms with Crippen molar-refractivity contribution < 1.29 is 53.3 Å². The molecule has 0 bridgehead atoms. The molecule has 0 fully saturated rings. The molecular weight excluding hydrogens is 755 g/mol. The zero-order valence-electron chi connectivity index (χ0n) is 35.2. The molecule has 324 valence electrons. The van der Waals surface area contributed by atoms with E-state index in [-0.39, 0.29) is 25.5 Å². The van der Waals surface area contributed by atoms with Gasteiger partial charge in [-0.05, 0) is 124 Å². The Hall–Kier alpha value is -4.01. The molecule has 0 aliphatic carbocycles. The number of phenols is 1. The Bertz CT molecular complexity index is 1490. The van der Waals surface area contributed by atoms with Gasteiger partial charge in [0.2, 0.25) is 7.44 Å². The Morgan fingerprint density at radius 1 is 0.772 bits per heavy atom. The minimum Gasteiger partial charge on any atom is -0.508 e. The summed E-state index contributed by atoms with van der Waals surface area (Å²) in [4.78, 5) is 44.3. The zero-order valence-corrected chi connectivity index (χ0v) is 36.1. The molecule has 2 atom stereocenters. The van der Waals surface area contributed by atoms with E-state index >= 15 is 0 Å². The summed E-state index contributed by atoms with van der Waals surface area (Å²) in [7, 11) is -3.79. The van der Waals surface area contributed by atoms with Crippen LogP contribution in [0.1, 0.15) is 127 Å². The van der Waals surface area contributed by atoms with Crippen molar-refractivity contribution in [1.29, 1.82) is 0 Å². The molecule has 0 radical (unpaired) electrons.